The van der Waals surface area contributed by atoms with Gasteiger partial charge in [-0.05, 0) is 11.6 Å². The van der Waals surface area contributed by atoms with Crippen LogP contribution in [0.3, 0.4) is 0 Å². The van der Waals surface area contributed by atoms with Gasteiger partial charge in [-0.15, -0.1) is 0 Å². The summed E-state index contributed by atoms with van der Waals surface area (Å²) in [6.07, 6.45) is 1.48. The minimum Gasteiger partial charge on any atom is -0.463 e. The second-order valence-electron chi connectivity index (χ2n) is 3.25. The molecule has 0 fully saturated rings. The summed E-state index contributed by atoms with van der Waals surface area (Å²) in [4.78, 5) is 11.3. The molecule has 0 amide bonds. The van der Waals surface area contributed by atoms with Crippen molar-refractivity contribution in [2.45, 2.75) is 0 Å². The molecule has 17 heavy (non-hydrogen) atoms. The number of methoxy groups -OCH3 is 1. The molecule has 0 spiro atoms. The molecule has 0 aromatic carbocycles. The van der Waals surface area contributed by atoms with Crippen LogP contribution in [0, 0.1) is 0 Å². The van der Waals surface area contributed by atoms with Gasteiger partial charge in [-0.25, -0.2) is 4.79 Å². The van der Waals surface area contributed by atoms with E-state index >= 15 is 0 Å². The van der Waals surface area contributed by atoms with Crippen molar-refractivity contribution in [3.8, 4) is 11.3 Å². The van der Waals surface area contributed by atoms with Crippen LogP contribution in [0.25, 0.3) is 11.3 Å². The summed E-state index contributed by atoms with van der Waals surface area (Å²) >= 11 is 11.9. The Morgan fingerprint density at radius 2 is 2.24 bits per heavy atom. The van der Waals surface area contributed by atoms with E-state index in [-0.39, 0.29) is 11.0 Å². The Bertz CT molecular complexity index is 555. The summed E-state index contributed by atoms with van der Waals surface area (Å²) in [5, 5.41) is 4.46. The topological polar surface area (TPSA) is 57.3 Å². The zero-order chi connectivity index (χ0) is 12.6. The third-order valence-corrected chi connectivity index (χ3v) is 2.78. The van der Waals surface area contributed by atoms with Crippen molar-refractivity contribution in [1.82, 2.24) is 9.78 Å². The van der Waals surface area contributed by atoms with Crippen LogP contribution in [0.4, 0.5) is 0 Å². The molecular weight excluding hydrogens is 267 g/mol. The molecule has 5 nitrogen and oxygen atoms in total. The summed E-state index contributed by atoms with van der Waals surface area (Å²) in [5.74, 6) is -0.582. The molecule has 0 bridgehead atoms. The molecule has 2 aromatic heterocycles. The molecule has 0 aliphatic heterocycles. The average Bonchev–Trinajstić information content (AvgIpc) is 2.82. The Morgan fingerprint density at radius 1 is 1.53 bits per heavy atom. The predicted molar refractivity (Wildman–Crippen MR) is 62.3 cm³/mol. The van der Waals surface area contributed by atoms with Gasteiger partial charge in [-0.3, -0.25) is 4.68 Å². The van der Waals surface area contributed by atoms with Gasteiger partial charge < -0.3 is 9.15 Å². The Kier molecular flexibility index (Phi) is 3.13. The minimum absolute atomic E-state index is 0.0183. The number of halogens is 2. The summed E-state index contributed by atoms with van der Waals surface area (Å²) in [7, 11) is 2.97. The second kappa shape index (κ2) is 4.43. The van der Waals surface area contributed by atoms with Crippen LogP contribution in [-0.2, 0) is 11.8 Å². The third kappa shape index (κ3) is 2.03. The van der Waals surface area contributed by atoms with E-state index < -0.39 is 5.97 Å². The minimum atomic E-state index is -0.601. The third-order valence-electron chi connectivity index (χ3n) is 2.22. The molecule has 0 radical (unpaired) electrons. The average molecular weight is 275 g/mol. The van der Waals surface area contributed by atoms with Gasteiger partial charge in [0.1, 0.15) is 0 Å². The standard InChI is InChI=1S/C10H8Cl2N2O3/c1-14-8(6(11)4-13-14)5-3-7(10(15)16-2)17-9(5)12/h3-4H,1-2H3. The zero-order valence-electron chi connectivity index (χ0n) is 9.03. The number of hydrogen-bond donors (Lipinski definition) is 0. The van der Waals surface area contributed by atoms with E-state index in [0.29, 0.717) is 16.3 Å². The lowest BCUT2D eigenvalue weighted by Gasteiger charge is -1.98. The van der Waals surface area contributed by atoms with Gasteiger partial charge in [0.15, 0.2) is 0 Å². The normalized spacial score (nSPS) is 10.6. The Labute approximate surface area is 107 Å². The molecule has 2 rings (SSSR count). The summed E-state index contributed by atoms with van der Waals surface area (Å²) in [6, 6.07) is 1.47. The number of carbonyl (C=O) groups excluding carboxylic acids is 1. The van der Waals surface area contributed by atoms with Crippen molar-refractivity contribution in [1.29, 1.82) is 0 Å². The van der Waals surface area contributed by atoms with E-state index in [1.54, 1.807) is 11.7 Å². The maximum absolute atomic E-state index is 11.3. The first-order valence-corrected chi connectivity index (χ1v) is 5.35. The molecule has 0 N–H and O–H groups in total. The Hall–Kier alpha value is -1.46. The fraction of sp³-hybridized carbons (Fsp3) is 0.200. The lowest BCUT2D eigenvalue weighted by Crippen LogP contribution is -1.98. The molecule has 2 heterocycles. The first-order chi connectivity index (χ1) is 8.04. The van der Waals surface area contributed by atoms with Crippen molar-refractivity contribution in [2.24, 2.45) is 7.05 Å². The van der Waals surface area contributed by atoms with Gasteiger partial charge in [-0.1, -0.05) is 11.6 Å². The number of aromatic nitrogens is 2. The van der Waals surface area contributed by atoms with Crippen molar-refractivity contribution in [2.75, 3.05) is 7.11 Å². The largest absolute Gasteiger partial charge is 0.463 e. The smallest absolute Gasteiger partial charge is 0.374 e. The van der Waals surface area contributed by atoms with Crippen LogP contribution in [0.5, 0.6) is 0 Å². The highest BCUT2D eigenvalue weighted by atomic mass is 35.5. The second-order valence-corrected chi connectivity index (χ2v) is 4.00. The lowest BCUT2D eigenvalue weighted by molar-refractivity contribution is 0.0565. The maximum Gasteiger partial charge on any atom is 0.374 e. The number of furan rings is 1. The van der Waals surface area contributed by atoms with E-state index in [2.05, 4.69) is 9.84 Å². The van der Waals surface area contributed by atoms with Gasteiger partial charge in [-0.2, -0.15) is 5.10 Å². The molecule has 0 saturated carbocycles. The predicted octanol–water partition coefficient (Wildman–Crippen LogP) is 2.77. The quantitative estimate of drug-likeness (QED) is 0.791. The first kappa shape index (κ1) is 12.0. The van der Waals surface area contributed by atoms with Gasteiger partial charge in [0.05, 0.1) is 29.6 Å². The van der Waals surface area contributed by atoms with Crippen molar-refractivity contribution >= 4 is 29.2 Å². The molecule has 90 valence electrons. The molecule has 2 aromatic rings. The van der Waals surface area contributed by atoms with Crippen molar-refractivity contribution in [3.05, 3.63) is 28.3 Å². The van der Waals surface area contributed by atoms with Gasteiger partial charge in [0.25, 0.3) is 0 Å². The Balaban J connectivity index is 2.54. The van der Waals surface area contributed by atoms with Gasteiger partial charge in [0, 0.05) is 13.1 Å². The fourth-order valence-corrected chi connectivity index (χ4v) is 1.94. The number of esters is 1. The van der Waals surface area contributed by atoms with E-state index in [1.807, 2.05) is 0 Å². The Morgan fingerprint density at radius 3 is 2.76 bits per heavy atom. The monoisotopic (exact) mass is 274 g/mol. The number of ether oxygens (including phenoxy) is 1. The molecule has 0 unspecified atom stereocenters. The van der Waals surface area contributed by atoms with Gasteiger partial charge >= 0.3 is 5.97 Å². The number of hydrogen-bond acceptors (Lipinski definition) is 4. The van der Waals surface area contributed by atoms with Crippen LogP contribution < -0.4 is 0 Å². The number of nitrogens with zero attached hydrogens (tertiary/aromatic N) is 2. The molecule has 0 aliphatic rings. The number of carbonyl (C=O) groups is 1. The molecule has 0 aliphatic carbocycles. The summed E-state index contributed by atoms with van der Waals surface area (Å²) in [6.45, 7) is 0. The van der Waals surface area contributed by atoms with Crippen LogP contribution in [0.1, 0.15) is 10.6 Å². The number of aryl methyl sites for hydroxylation is 1. The maximum atomic E-state index is 11.3. The summed E-state index contributed by atoms with van der Waals surface area (Å²) in [5.41, 5.74) is 1.08. The van der Waals surface area contributed by atoms with E-state index in [4.69, 9.17) is 27.6 Å². The molecule has 7 heteroatoms. The number of rotatable bonds is 2. The highest BCUT2D eigenvalue weighted by molar-refractivity contribution is 6.35. The summed E-state index contributed by atoms with van der Waals surface area (Å²) < 4.78 is 11.2. The van der Waals surface area contributed by atoms with Crippen molar-refractivity contribution in [3.63, 3.8) is 0 Å². The lowest BCUT2D eigenvalue weighted by atomic mass is 10.2. The highest BCUT2D eigenvalue weighted by Gasteiger charge is 2.21. The highest BCUT2D eigenvalue weighted by Crippen LogP contribution is 2.35. The van der Waals surface area contributed by atoms with Crippen molar-refractivity contribution < 1.29 is 13.9 Å². The van der Waals surface area contributed by atoms with Gasteiger partial charge in [0.2, 0.25) is 11.0 Å². The molecular formula is C10H8Cl2N2O3. The molecule has 0 atom stereocenters. The van der Waals surface area contributed by atoms with E-state index in [0.717, 1.165) is 0 Å². The van der Waals surface area contributed by atoms with Crippen LogP contribution in [-0.4, -0.2) is 22.9 Å². The van der Waals surface area contributed by atoms with Crippen LogP contribution in [0.15, 0.2) is 16.7 Å². The fourth-order valence-electron chi connectivity index (χ4n) is 1.45. The zero-order valence-corrected chi connectivity index (χ0v) is 10.5. The van der Waals surface area contributed by atoms with E-state index in [9.17, 15) is 4.79 Å². The van der Waals surface area contributed by atoms with E-state index in [1.165, 1.54) is 19.4 Å². The SMILES string of the molecule is COC(=O)c1cc(-c2c(Cl)cnn2C)c(Cl)o1. The molecule has 0 saturated heterocycles. The first-order valence-electron chi connectivity index (χ1n) is 4.60. The van der Waals surface area contributed by atoms with Crippen LogP contribution >= 0.6 is 23.2 Å². The van der Waals surface area contributed by atoms with Crippen LogP contribution in [0.2, 0.25) is 10.2 Å².